The molecule has 4 heteroatoms. The van der Waals surface area contributed by atoms with Crippen molar-refractivity contribution in [2.75, 3.05) is 11.9 Å². The van der Waals surface area contributed by atoms with Crippen molar-refractivity contribution in [1.29, 1.82) is 0 Å². The standard InChI is InChI=1S/C16H20N2O2/c1-12-3-8-16(20-12)11-17-10-9-14-4-6-15(7-5-14)18-13(2)19/h3-8,17H,9-11H2,1-2H3,(H,18,19). The van der Waals surface area contributed by atoms with Gasteiger partial charge in [0, 0.05) is 12.6 Å². The van der Waals surface area contributed by atoms with E-state index in [4.69, 9.17) is 4.42 Å². The lowest BCUT2D eigenvalue weighted by Gasteiger charge is -2.05. The van der Waals surface area contributed by atoms with E-state index in [2.05, 4.69) is 10.6 Å². The predicted octanol–water partition coefficient (Wildman–Crippen LogP) is 2.88. The first kappa shape index (κ1) is 14.3. The second kappa shape index (κ2) is 6.91. The third-order valence-electron chi connectivity index (χ3n) is 2.96. The molecule has 2 aromatic rings. The summed E-state index contributed by atoms with van der Waals surface area (Å²) in [5.41, 5.74) is 2.07. The number of amides is 1. The van der Waals surface area contributed by atoms with Crippen LogP contribution in [0.15, 0.2) is 40.8 Å². The maximum absolute atomic E-state index is 10.9. The third-order valence-corrected chi connectivity index (χ3v) is 2.96. The molecule has 0 aliphatic rings. The van der Waals surface area contributed by atoms with Crippen LogP contribution in [-0.2, 0) is 17.8 Å². The second-order valence-electron chi connectivity index (χ2n) is 4.82. The maximum atomic E-state index is 10.9. The molecule has 0 saturated heterocycles. The molecule has 0 spiro atoms. The summed E-state index contributed by atoms with van der Waals surface area (Å²) in [4.78, 5) is 10.9. The van der Waals surface area contributed by atoms with Gasteiger partial charge in [-0.2, -0.15) is 0 Å². The van der Waals surface area contributed by atoms with Gasteiger partial charge < -0.3 is 15.1 Å². The normalized spacial score (nSPS) is 10.5. The fraction of sp³-hybridized carbons (Fsp3) is 0.312. The molecule has 1 aromatic carbocycles. The lowest BCUT2D eigenvalue weighted by Crippen LogP contribution is -2.16. The van der Waals surface area contributed by atoms with Crippen LogP contribution in [0.1, 0.15) is 24.0 Å². The summed E-state index contributed by atoms with van der Waals surface area (Å²) in [6, 6.07) is 11.9. The van der Waals surface area contributed by atoms with Crippen LogP contribution in [0.5, 0.6) is 0 Å². The minimum Gasteiger partial charge on any atom is -0.465 e. The van der Waals surface area contributed by atoms with Crippen molar-refractivity contribution in [3.05, 3.63) is 53.5 Å². The van der Waals surface area contributed by atoms with Gasteiger partial charge in [-0.25, -0.2) is 0 Å². The van der Waals surface area contributed by atoms with Gasteiger partial charge in [0.05, 0.1) is 6.54 Å². The van der Waals surface area contributed by atoms with E-state index in [1.165, 1.54) is 12.5 Å². The maximum Gasteiger partial charge on any atom is 0.221 e. The monoisotopic (exact) mass is 272 g/mol. The highest BCUT2D eigenvalue weighted by Crippen LogP contribution is 2.10. The molecule has 0 fully saturated rings. The van der Waals surface area contributed by atoms with Crippen molar-refractivity contribution < 1.29 is 9.21 Å². The number of nitrogens with one attached hydrogen (secondary N) is 2. The molecule has 0 bridgehead atoms. The van der Waals surface area contributed by atoms with Crippen molar-refractivity contribution in [3.8, 4) is 0 Å². The largest absolute Gasteiger partial charge is 0.465 e. The summed E-state index contributed by atoms with van der Waals surface area (Å²) in [7, 11) is 0. The van der Waals surface area contributed by atoms with E-state index in [-0.39, 0.29) is 5.91 Å². The smallest absolute Gasteiger partial charge is 0.221 e. The summed E-state index contributed by atoms with van der Waals surface area (Å²) in [6.45, 7) is 5.09. The average Bonchev–Trinajstić information content (AvgIpc) is 2.82. The Labute approximate surface area is 119 Å². The highest BCUT2D eigenvalue weighted by Gasteiger charge is 1.99. The first-order valence-corrected chi connectivity index (χ1v) is 6.76. The Morgan fingerprint density at radius 3 is 2.50 bits per heavy atom. The van der Waals surface area contributed by atoms with Crippen molar-refractivity contribution in [3.63, 3.8) is 0 Å². The summed E-state index contributed by atoms with van der Waals surface area (Å²) in [6.07, 6.45) is 0.944. The fourth-order valence-corrected chi connectivity index (χ4v) is 1.98. The molecular weight excluding hydrogens is 252 g/mol. The van der Waals surface area contributed by atoms with E-state index in [9.17, 15) is 4.79 Å². The lowest BCUT2D eigenvalue weighted by atomic mass is 10.1. The first-order chi connectivity index (χ1) is 9.63. The number of benzene rings is 1. The van der Waals surface area contributed by atoms with Gasteiger partial charge in [0.15, 0.2) is 0 Å². The number of hydrogen-bond donors (Lipinski definition) is 2. The Morgan fingerprint density at radius 1 is 1.15 bits per heavy atom. The van der Waals surface area contributed by atoms with E-state index >= 15 is 0 Å². The molecule has 0 atom stereocenters. The van der Waals surface area contributed by atoms with E-state index in [1.807, 2.05) is 43.3 Å². The zero-order valence-electron chi connectivity index (χ0n) is 11.9. The summed E-state index contributed by atoms with van der Waals surface area (Å²) < 4.78 is 5.49. The van der Waals surface area contributed by atoms with Crippen LogP contribution < -0.4 is 10.6 Å². The minimum atomic E-state index is -0.0480. The van der Waals surface area contributed by atoms with Crippen LogP contribution >= 0.6 is 0 Å². The molecule has 1 aromatic heterocycles. The Hall–Kier alpha value is -2.07. The fourth-order valence-electron chi connectivity index (χ4n) is 1.98. The molecule has 106 valence electrons. The SMILES string of the molecule is CC(=O)Nc1ccc(CCNCc2ccc(C)o2)cc1. The van der Waals surface area contributed by atoms with Gasteiger partial charge in [-0.05, 0) is 49.7 Å². The lowest BCUT2D eigenvalue weighted by molar-refractivity contribution is -0.114. The van der Waals surface area contributed by atoms with Crippen LogP contribution in [0.4, 0.5) is 5.69 Å². The Balaban J connectivity index is 1.72. The van der Waals surface area contributed by atoms with Crippen LogP contribution in [0.3, 0.4) is 0 Å². The average molecular weight is 272 g/mol. The summed E-state index contributed by atoms with van der Waals surface area (Å²) in [5, 5.41) is 6.10. The van der Waals surface area contributed by atoms with Crippen molar-refractivity contribution in [2.24, 2.45) is 0 Å². The van der Waals surface area contributed by atoms with Gasteiger partial charge in [-0.1, -0.05) is 12.1 Å². The molecule has 0 aliphatic heterocycles. The van der Waals surface area contributed by atoms with Crippen LogP contribution in [0.25, 0.3) is 0 Å². The number of anilines is 1. The highest BCUT2D eigenvalue weighted by molar-refractivity contribution is 5.88. The van der Waals surface area contributed by atoms with E-state index < -0.39 is 0 Å². The molecule has 2 rings (SSSR count). The highest BCUT2D eigenvalue weighted by atomic mass is 16.3. The minimum absolute atomic E-state index is 0.0480. The molecule has 4 nitrogen and oxygen atoms in total. The zero-order chi connectivity index (χ0) is 14.4. The van der Waals surface area contributed by atoms with Gasteiger partial charge in [0.2, 0.25) is 5.91 Å². The molecule has 0 unspecified atom stereocenters. The summed E-state index contributed by atoms with van der Waals surface area (Å²) in [5.74, 6) is 1.85. The summed E-state index contributed by atoms with van der Waals surface area (Å²) >= 11 is 0. The number of hydrogen-bond acceptors (Lipinski definition) is 3. The van der Waals surface area contributed by atoms with Gasteiger partial charge in [0.1, 0.15) is 11.5 Å². The van der Waals surface area contributed by atoms with Gasteiger partial charge in [0.25, 0.3) is 0 Å². The topological polar surface area (TPSA) is 54.3 Å². The Kier molecular flexibility index (Phi) is 4.96. The van der Waals surface area contributed by atoms with Crippen molar-refractivity contribution >= 4 is 11.6 Å². The first-order valence-electron chi connectivity index (χ1n) is 6.76. The number of furan rings is 1. The van der Waals surface area contributed by atoms with Crippen LogP contribution in [-0.4, -0.2) is 12.5 Å². The van der Waals surface area contributed by atoms with Crippen molar-refractivity contribution in [1.82, 2.24) is 5.32 Å². The molecule has 0 saturated carbocycles. The molecule has 1 amide bonds. The van der Waals surface area contributed by atoms with Gasteiger partial charge >= 0.3 is 0 Å². The molecule has 2 N–H and O–H groups in total. The van der Waals surface area contributed by atoms with Crippen LogP contribution in [0, 0.1) is 6.92 Å². The quantitative estimate of drug-likeness (QED) is 0.795. The molecule has 0 radical (unpaired) electrons. The number of carbonyl (C=O) groups excluding carboxylic acids is 1. The molecule has 0 aliphatic carbocycles. The second-order valence-corrected chi connectivity index (χ2v) is 4.82. The number of rotatable bonds is 6. The van der Waals surface area contributed by atoms with E-state index in [0.717, 1.165) is 36.7 Å². The van der Waals surface area contributed by atoms with Crippen molar-refractivity contribution in [2.45, 2.75) is 26.8 Å². The molecular formula is C16H20N2O2. The Morgan fingerprint density at radius 2 is 1.90 bits per heavy atom. The Bertz CT molecular complexity index is 558. The van der Waals surface area contributed by atoms with E-state index in [1.54, 1.807) is 0 Å². The van der Waals surface area contributed by atoms with E-state index in [0.29, 0.717) is 0 Å². The van der Waals surface area contributed by atoms with Gasteiger partial charge in [-0.3, -0.25) is 4.79 Å². The van der Waals surface area contributed by atoms with Gasteiger partial charge in [-0.15, -0.1) is 0 Å². The molecule has 20 heavy (non-hydrogen) atoms. The number of carbonyl (C=O) groups is 1. The third kappa shape index (κ3) is 4.55. The predicted molar refractivity (Wildman–Crippen MR) is 79.6 cm³/mol. The number of aryl methyl sites for hydroxylation is 1. The van der Waals surface area contributed by atoms with Crippen LogP contribution in [0.2, 0.25) is 0 Å². The zero-order valence-corrected chi connectivity index (χ0v) is 11.9. The molecule has 1 heterocycles.